The molecular formula is C16H20ClN3. The zero-order chi connectivity index (χ0) is 14.7. The normalized spacial score (nSPS) is 12.2. The van der Waals surface area contributed by atoms with Gasteiger partial charge >= 0.3 is 0 Å². The molecule has 2 rings (SSSR count). The Labute approximate surface area is 125 Å². The highest BCUT2D eigenvalue weighted by molar-refractivity contribution is 6.30. The molecule has 0 saturated heterocycles. The number of benzene rings is 1. The number of anilines is 1. The number of hydrogen-bond acceptors (Lipinski definition) is 3. The van der Waals surface area contributed by atoms with Gasteiger partial charge in [-0.15, -0.1) is 0 Å². The number of rotatable bonds is 4. The minimum atomic E-state index is 0.198. The first-order chi connectivity index (χ1) is 9.52. The molecule has 0 spiro atoms. The van der Waals surface area contributed by atoms with E-state index < -0.39 is 0 Å². The predicted molar refractivity (Wildman–Crippen MR) is 85.1 cm³/mol. The van der Waals surface area contributed by atoms with E-state index in [-0.39, 0.29) is 6.04 Å². The molecule has 0 amide bonds. The van der Waals surface area contributed by atoms with Crippen LogP contribution in [0.4, 0.5) is 5.82 Å². The number of aromatic nitrogens is 1. The van der Waals surface area contributed by atoms with Crippen LogP contribution in [0.1, 0.15) is 29.8 Å². The van der Waals surface area contributed by atoms with E-state index >= 15 is 0 Å². The van der Waals surface area contributed by atoms with Gasteiger partial charge in [-0.3, -0.25) is 0 Å². The number of halogens is 1. The molecule has 20 heavy (non-hydrogen) atoms. The number of hydrogen-bond donors (Lipinski definition) is 1. The van der Waals surface area contributed by atoms with Gasteiger partial charge in [0.25, 0.3) is 0 Å². The average molecular weight is 290 g/mol. The highest BCUT2D eigenvalue weighted by Gasteiger charge is 2.14. The maximum atomic E-state index is 6.06. The maximum Gasteiger partial charge on any atom is 0.129 e. The molecule has 2 N–H and O–H groups in total. The second-order valence-corrected chi connectivity index (χ2v) is 5.40. The van der Waals surface area contributed by atoms with Gasteiger partial charge in [0.05, 0.1) is 6.04 Å². The third-order valence-electron chi connectivity index (χ3n) is 3.67. The molecule has 0 bridgehead atoms. The maximum absolute atomic E-state index is 6.06. The van der Waals surface area contributed by atoms with Crippen LogP contribution in [-0.2, 0) is 6.54 Å². The van der Waals surface area contributed by atoms with Crippen LogP contribution in [0.5, 0.6) is 0 Å². The Morgan fingerprint density at radius 3 is 2.65 bits per heavy atom. The summed E-state index contributed by atoms with van der Waals surface area (Å²) >= 11 is 6.06. The summed E-state index contributed by atoms with van der Waals surface area (Å²) < 4.78 is 0. The highest BCUT2D eigenvalue weighted by Crippen LogP contribution is 2.26. The lowest BCUT2D eigenvalue weighted by Gasteiger charge is -2.27. The molecule has 0 aliphatic heterocycles. The molecule has 0 fully saturated rings. The molecule has 4 heteroatoms. The van der Waals surface area contributed by atoms with E-state index in [0.29, 0.717) is 6.54 Å². The monoisotopic (exact) mass is 289 g/mol. The van der Waals surface area contributed by atoms with Gasteiger partial charge in [-0.2, -0.15) is 0 Å². The van der Waals surface area contributed by atoms with E-state index in [0.717, 1.165) is 22.1 Å². The topological polar surface area (TPSA) is 42.2 Å². The van der Waals surface area contributed by atoms with Crippen molar-refractivity contribution in [2.24, 2.45) is 5.73 Å². The van der Waals surface area contributed by atoms with E-state index in [1.807, 2.05) is 44.3 Å². The number of pyridine rings is 1. The third-order valence-corrected chi connectivity index (χ3v) is 3.91. The quantitative estimate of drug-likeness (QED) is 0.933. The van der Waals surface area contributed by atoms with E-state index in [2.05, 4.69) is 22.9 Å². The lowest BCUT2D eigenvalue weighted by molar-refractivity contribution is 0.726. The van der Waals surface area contributed by atoms with Crippen molar-refractivity contribution in [2.45, 2.75) is 26.4 Å². The van der Waals surface area contributed by atoms with Crippen LogP contribution in [0.2, 0.25) is 5.02 Å². The van der Waals surface area contributed by atoms with Crippen molar-refractivity contribution in [3.63, 3.8) is 0 Å². The Kier molecular flexibility index (Phi) is 4.63. The van der Waals surface area contributed by atoms with Gasteiger partial charge < -0.3 is 10.6 Å². The summed E-state index contributed by atoms with van der Waals surface area (Å²) in [6.45, 7) is 4.65. The van der Waals surface area contributed by atoms with Crippen molar-refractivity contribution in [3.05, 3.63) is 58.2 Å². The lowest BCUT2D eigenvalue weighted by Crippen LogP contribution is -2.23. The molecule has 2 aromatic rings. The summed E-state index contributed by atoms with van der Waals surface area (Å²) in [5.74, 6) is 0.937. The fourth-order valence-corrected chi connectivity index (χ4v) is 2.38. The Morgan fingerprint density at radius 2 is 2.05 bits per heavy atom. The summed E-state index contributed by atoms with van der Waals surface area (Å²) in [4.78, 5) is 6.76. The third kappa shape index (κ3) is 3.11. The molecular weight excluding hydrogens is 270 g/mol. The fourth-order valence-electron chi connectivity index (χ4n) is 2.18. The number of aryl methyl sites for hydroxylation is 1. The van der Waals surface area contributed by atoms with Gasteiger partial charge in [-0.1, -0.05) is 29.8 Å². The molecule has 1 aromatic heterocycles. The second-order valence-electron chi connectivity index (χ2n) is 4.96. The van der Waals surface area contributed by atoms with Gasteiger partial charge in [0, 0.05) is 24.3 Å². The fraction of sp³-hybridized carbons (Fsp3) is 0.312. The zero-order valence-corrected chi connectivity index (χ0v) is 12.9. The molecule has 1 atom stereocenters. The summed E-state index contributed by atoms with van der Waals surface area (Å²) in [7, 11) is 2.04. The van der Waals surface area contributed by atoms with Crippen molar-refractivity contribution in [3.8, 4) is 0 Å². The van der Waals surface area contributed by atoms with Gasteiger partial charge in [-0.25, -0.2) is 4.98 Å². The van der Waals surface area contributed by atoms with Gasteiger partial charge in [0.15, 0.2) is 0 Å². The van der Waals surface area contributed by atoms with Crippen LogP contribution < -0.4 is 10.6 Å². The molecule has 0 saturated carbocycles. The van der Waals surface area contributed by atoms with Crippen molar-refractivity contribution >= 4 is 17.4 Å². The molecule has 0 aliphatic rings. The summed E-state index contributed by atoms with van der Waals surface area (Å²) in [5, 5.41) is 0.755. The Hall–Kier alpha value is -1.58. The van der Waals surface area contributed by atoms with Crippen LogP contribution in [0.25, 0.3) is 0 Å². The molecule has 0 aliphatic carbocycles. The largest absolute Gasteiger partial charge is 0.353 e. The van der Waals surface area contributed by atoms with Crippen molar-refractivity contribution < 1.29 is 0 Å². The smallest absolute Gasteiger partial charge is 0.129 e. The van der Waals surface area contributed by atoms with Gasteiger partial charge in [0.2, 0.25) is 0 Å². The minimum Gasteiger partial charge on any atom is -0.353 e. The van der Waals surface area contributed by atoms with Crippen LogP contribution in [0.15, 0.2) is 36.4 Å². The second kappa shape index (κ2) is 6.25. The zero-order valence-electron chi connectivity index (χ0n) is 12.1. The average Bonchev–Trinajstić information content (AvgIpc) is 2.45. The first-order valence-corrected chi connectivity index (χ1v) is 7.05. The first-order valence-electron chi connectivity index (χ1n) is 6.68. The van der Waals surface area contributed by atoms with Crippen LogP contribution in [-0.4, -0.2) is 12.0 Å². The lowest BCUT2D eigenvalue weighted by atomic mass is 10.1. The highest BCUT2D eigenvalue weighted by atomic mass is 35.5. The number of nitrogens with two attached hydrogens (primary N) is 1. The summed E-state index contributed by atoms with van der Waals surface area (Å²) in [5.41, 5.74) is 8.91. The van der Waals surface area contributed by atoms with Crippen molar-refractivity contribution in [1.29, 1.82) is 0 Å². The Morgan fingerprint density at radius 1 is 1.30 bits per heavy atom. The van der Waals surface area contributed by atoms with E-state index in [9.17, 15) is 0 Å². The molecule has 0 radical (unpaired) electrons. The van der Waals surface area contributed by atoms with Crippen LogP contribution >= 0.6 is 11.6 Å². The summed E-state index contributed by atoms with van der Waals surface area (Å²) in [6.07, 6.45) is 0. The SMILES string of the molecule is Cc1nc(N(C)C(C)c2cccc(Cl)c2)ccc1CN. The molecule has 1 heterocycles. The molecule has 106 valence electrons. The molecule has 1 aromatic carbocycles. The van der Waals surface area contributed by atoms with Crippen LogP contribution in [0.3, 0.4) is 0 Å². The molecule has 3 nitrogen and oxygen atoms in total. The predicted octanol–water partition coefficient (Wildman–Crippen LogP) is 3.70. The molecule has 1 unspecified atom stereocenters. The Balaban J connectivity index is 2.26. The van der Waals surface area contributed by atoms with E-state index in [1.165, 1.54) is 5.56 Å². The van der Waals surface area contributed by atoms with E-state index in [4.69, 9.17) is 17.3 Å². The van der Waals surface area contributed by atoms with E-state index in [1.54, 1.807) is 0 Å². The van der Waals surface area contributed by atoms with Crippen molar-refractivity contribution in [2.75, 3.05) is 11.9 Å². The first kappa shape index (κ1) is 14.8. The summed E-state index contributed by atoms with van der Waals surface area (Å²) in [6, 6.07) is 12.2. The number of nitrogens with zero attached hydrogens (tertiary/aromatic N) is 2. The standard InChI is InChI=1S/C16H20ClN3/c1-11-14(10-18)7-8-16(19-11)20(3)12(2)13-5-4-6-15(17)9-13/h4-9,12H,10,18H2,1-3H3. The minimum absolute atomic E-state index is 0.198. The van der Waals surface area contributed by atoms with Gasteiger partial charge in [-0.05, 0) is 43.2 Å². The van der Waals surface area contributed by atoms with Crippen molar-refractivity contribution in [1.82, 2.24) is 4.98 Å². The van der Waals surface area contributed by atoms with Gasteiger partial charge in [0.1, 0.15) is 5.82 Å². The Bertz CT molecular complexity index is 598. The van der Waals surface area contributed by atoms with Crippen LogP contribution in [0, 0.1) is 6.92 Å².